The van der Waals surface area contributed by atoms with Gasteiger partial charge in [0.05, 0.1) is 17.7 Å². The average molecular weight is 259 g/mol. The van der Waals surface area contributed by atoms with Crippen LogP contribution >= 0.6 is 0 Å². The smallest absolute Gasteiger partial charge is 0.0704 e. The van der Waals surface area contributed by atoms with Gasteiger partial charge in [-0.3, -0.25) is 4.98 Å². The van der Waals surface area contributed by atoms with E-state index in [1.807, 2.05) is 37.4 Å². The predicted molar refractivity (Wildman–Crippen MR) is 77.2 cm³/mol. The molecule has 2 rings (SSSR count). The van der Waals surface area contributed by atoms with Gasteiger partial charge in [0.1, 0.15) is 0 Å². The third-order valence-electron chi connectivity index (χ3n) is 3.50. The summed E-state index contributed by atoms with van der Waals surface area (Å²) in [5.74, 6) is 0. The summed E-state index contributed by atoms with van der Waals surface area (Å²) in [6.07, 6.45) is 3.97. The molecule has 2 aromatic rings. The number of fused-ring (bicyclic) bond motifs is 1. The number of aromatic nitrogens is 1. The monoisotopic (exact) mass is 259 g/mol. The van der Waals surface area contributed by atoms with Crippen molar-refractivity contribution in [1.29, 1.82) is 0 Å². The Morgan fingerprint density at radius 2 is 2.00 bits per heavy atom. The van der Waals surface area contributed by atoms with E-state index in [0.29, 0.717) is 6.42 Å². The number of hydrogen-bond acceptors (Lipinski definition) is 3. The molecule has 0 aliphatic rings. The fraction of sp³-hybridized carbons (Fsp3) is 0.438. The van der Waals surface area contributed by atoms with E-state index >= 15 is 0 Å². The first-order chi connectivity index (χ1) is 9.20. The Bertz CT molecular complexity index is 522. The second kappa shape index (κ2) is 6.64. The Kier molecular flexibility index (Phi) is 4.88. The summed E-state index contributed by atoms with van der Waals surface area (Å²) < 4.78 is 5.20. The van der Waals surface area contributed by atoms with Gasteiger partial charge in [0.2, 0.25) is 0 Å². The van der Waals surface area contributed by atoms with Crippen molar-refractivity contribution in [2.45, 2.75) is 38.4 Å². The fourth-order valence-electron chi connectivity index (χ4n) is 2.23. The largest absolute Gasteiger partial charge is 0.393 e. The van der Waals surface area contributed by atoms with Gasteiger partial charge in [-0.1, -0.05) is 18.2 Å². The number of pyridine rings is 1. The molecule has 2 atom stereocenters. The zero-order valence-corrected chi connectivity index (χ0v) is 11.5. The summed E-state index contributed by atoms with van der Waals surface area (Å²) in [5.41, 5.74) is 2.14. The van der Waals surface area contributed by atoms with Crippen molar-refractivity contribution in [1.82, 2.24) is 4.98 Å². The van der Waals surface area contributed by atoms with Crippen LogP contribution in [0.1, 0.15) is 25.3 Å². The molecule has 1 aromatic heterocycles. The molecule has 0 saturated carbocycles. The number of methoxy groups -OCH3 is 1. The first-order valence-corrected chi connectivity index (χ1v) is 6.74. The Balaban J connectivity index is 2.04. The minimum Gasteiger partial charge on any atom is -0.393 e. The maximum Gasteiger partial charge on any atom is 0.0704 e. The van der Waals surface area contributed by atoms with E-state index in [4.69, 9.17) is 4.74 Å². The molecule has 2 unspecified atom stereocenters. The van der Waals surface area contributed by atoms with Crippen LogP contribution < -0.4 is 0 Å². The van der Waals surface area contributed by atoms with Crippen molar-refractivity contribution in [3.63, 3.8) is 0 Å². The summed E-state index contributed by atoms with van der Waals surface area (Å²) in [5, 5.41) is 11.3. The Labute approximate surface area is 114 Å². The Morgan fingerprint density at radius 3 is 2.79 bits per heavy atom. The van der Waals surface area contributed by atoms with Crippen molar-refractivity contribution < 1.29 is 9.84 Å². The number of para-hydroxylation sites is 1. The molecule has 1 heterocycles. The lowest BCUT2D eigenvalue weighted by Crippen LogP contribution is -2.15. The van der Waals surface area contributed by atoms with Gasteiger partial charge in [0, 0.05) is 18.7 Å². The molecule has 3 heteroatoms. The van der Waals surface area contributed by atoms with Crippen molar-refractivity contribution in [2.75, 3.05) is 7.11 Å². The molecule has 19 heavy (non-hydrogen) atoms. The number of hydrogen-bond donors (Lipinski definition) is 1. The molecule has 0 aliphatic carbocycles. The highest BCUT2D eigenvalue weighted by Gasteiger charge is 2.10. The maximum atomic E-state index is 10.1. The lowest BCUT2D eigenvalue weighted by Gasteiger charge is -2.14. The van der Waals surface area contributed by atoms with Crippen LogP contribution in [0.5, 0.6) is 0 Å². The number of benzene rings is 1. The molecule has 0 spiro atoms. The van der Waals surface area contributed by atoms with E-state index in [2.05, 4.69) is 11.1 Å². The van der Waals surface area contributed by atoms with E-state index in [-0.39, 0.29) is 12.2 Å². The number of aliphatic hydroxyl groups is 1. The molecule has 1 N–H and O–H groups in total. The number of aliphatic hydroxyl groups excluding tert-OH is 1. The zero-order chi connectivity index (χ0) is 13.7. The predicted octanol–water partition coefficient (Wildman–Crippen LogP) is 2.95. The Hall–Kier alpha value is -1.45. The average Bonchev–Trinajstić information content (AvgIpc) is 2.45. The van der Waals surface area contributed by atoms with Crippen LogP contribution in [-0.2, 0) is 11.2 Å². The number of rotatable bonds is 6. The molecule has 102 valence electrons. The molecular weight excluding hydrogens is 238 g/mol. The molecule has 3 nitrogen and oxygen atoms in total. The topological polar surface area (TPSA) is 42.4 Å². The minimum atomic E-state index is -0.330. The summed E-state index contributed by atoms with van der Waals surface area (Å²) >= 11 is 0. The summed E-state index contributed by atoms with van der Waals surface area (Å²) in [6.45, 7) is 2.02. The summed E-state index contributed by atoms with van der Waals surface area (Å²) in [4.78, 5) is 4.33. The summed E-state index contributed by atoms with van der Waals surface area (Å²) in [6, 6.07) is 10.0. The van der Waals surface area contributed by atoms with Gasteiger partial charge < -0.3 is 9.84 Å². The van der Waals surface area contributed by atoms with Crippen LogP contribution in [0.25, 0.3) is 10.9 Å². The van der Waals surface area contributed by atoms with E-state index in [9.17, 15) is 5.11 Å². The van der Waals surface area contributed by atoms with Gasteiger partial charge in [-0.25, -0.2) is 0 Å². The van der Waals surface area contributed by atoms with Gasteiger partial charge in [-0.05, 0) is 43.9 Å². The van der Waals surface area contributed by atoms with E-state index in [0.717, 1.165) is 29.3 Å². The highest BCUT2D eigenvalue weighted by molar-refractivity contribution is 5.81. The van der Waals surface area contributed by atoms with Crippen LogP contribution in [0.2, 0.25) is 0 Å². The molecular formula is C16H21NO2. The van der Waals surface area contributed by atoms with Gasteiger partial charge in [0.15, 0.2) is 0 Å². The lowest BCUT2D eigenvalue weighted by molar-refractivity contribution is 0.0852. The van der Waals surface area contributed by atoms with Gasteiger partial charge in [-0.2, -0.15) is 0 Å². The Morgan fingerprint density at radius 1 is 1.21 bits per heavy atom. The standard InChI is InChI=1S/C16H21NO2/c1-12(19-2)7-8-14(18)11-13-9-10-17-16-6-4-3-5-15(13)16/h3-6,9-10,12,14,18H,7-8,11H2,1-2H3. The van der Waals surface area contributed by atoms with Crippen LogP contribution in [0.15, 0.2) is 36.5 Å². The van der Waals surface area contributed by atoms with Crippen LogP contribution in [0.4, 0.5) is 0 Å². The number of nitrogens with zero attached hydrogens (tertiary/aromatic N) is 1. The fourth-order valence-corrected chi connectivity index (χ4v) is 2.23. The highest BCUT2D eigenvalue weighted by atomic mass is 16.5. The van der Waals surface area contributed by atoms with E-state index in [1.54, 1.807) is 7.11 Å². The molecule has 0 fully saturated rings. The zero-order valence-electron chi connectivity index (χ0n) is 11.5. The molecule has 1 aromatic carbocycles. The molecule has 0 saturated heterocycles. The minimum absolute atomic E-state index is 0.198. The first kappa shape index (κ1) is 14.0. The van der Waals surface area contributed by atoms with Crippen LogP contribution in [-0.4, -0.2) is 29.4 Å². The highest BCUT2D eigenvalue weighted by Crippen LogP contribution is 2.19. The quantitative estimate of drug-likeness (QED) is 0.867. The lowest BCUT2D eigenvalue weighted by atomic mass is 10.00. The SMILES string of the molecule is COC(C)CCC(O)Cc1ccnc2ccccc12. The third kappa shape index (κ3) is 3.75. The summed E-state index contributed by atoms with van der Waals surface area (Å²) in [7, 11) is 1.70. The van der Waals surface area contributed by atoms with Crippen molar-refractivity contribution in [3.8, 4) is 0 Å². The van der Waals surface area contributed by atoms with Gasteiger partial charge in [0.25, 0.3) is 0 Å². The molecule has 0 bridgehead atoms. The van der Waals surface area contributed by atoms with Crippen molar-refractivity contribution in [2.24, 2.45) is 0 Å². The second-order valence-corrected chi connectivity index (χ2v) is 4.97. The van der Waals surface area contributed by atoms with E-state index < -0.39 is 0 Å². The molecule has 0 amide bonds. The number of ether oxygens (including phenoxy) is 1. The van der Waals surface area contributed by atoms with E-state index in [1.165, 1.54) is 0 Å². The second-order valence-electron chi connectivity index (χ2n) is 4.97. The van der Waals surface area contributed by atoms with Crippen LogP contribution in [0.3, 0.4) is 0 Å². The van der Waals surface area contributed by atoms with Crippen molar-refractivity contribution >= 4 is 10.9 Å². The molecule has 0 aliphatic heterocycles. The third-order valence-corrected chi connectivity index (χ3v) is 3.50. The van der Waals surface area contributed by atoms with Crippen LogP contribution in [0, 0.1) is 0 Å². The maximum absolute atomic E-state index is 10.1. The van der Waals surface area contributed by atoms with Gasteiger partial charge in [-0.15, -0.1) is 0 Å². The van der Waals surface area contributed by atoms with Crippen molar-refractivity contribution in [3.05, 3.63) is 42.1 Å². The first-order valence-electron chi connectivity index (χ1n) is 6.74. The molecule has 0 radical (unpaired) electrons. The van der Waals surface area contributed by atoms with Gasteiger partial charge >= 0.3 is 0 Å². The normalized spacial score (nSPS) is 14.5.